The van der Waals surface area contributed by atoms with Crippen molar-refractivity contribution in [1.82, 2.24) is 19.5 Å². The predicted molar refractivity (Wildman–Crippen MR) is 94.9 cm³/mol. The number of aromatic nitrogens is 3. The van der Waals surface area contributed by atoms with E-state index >= 15 is 0 Å². The van der Waals surface area contributed by atoms with Gasteiger partial charge >= 0.3 is 0 Å². The van der Waals surface area contributed by atoms with Crippen molar-refractivity contribution in [2.24, 2.45) is 0 Å². The van der Waals surface area contributed by atoms with Gasteiger partial charge in [-0.2, -0.15) is 5.10 Å². The highest BCUT2D eigenvalue weighted by Crippen LogP contribution is 2.46. The molecule has 0 radical (unpaired) electrons. The van der Waals surface area contributed by atoms with Crippen LogP contribution in [0.1, 0.15) is 18.2 Å². The lowest BCUT2D eigenvalue weighted by Crippen LogP contribution is -2.26. The topological polar surface area (TPSA) is 79.8 Å². The number of benzene rings is 1. The van der Waals surface area contributed by atoms with Crippen LogP contribution in [0.2, 0.25) is 10.0 Å². The number of nitrogens with zero attached hydrogens (tertiary/aromatic N) is 2. The number of rotatable bonds is 3. The predicted octanol–water partition coefficient (Wildman–Crippen LogP) is 3.33. The fraction of sp³-hybridized carbons (Fsp3) is 0.267. The normalized spacial score (nSPS) is 17.5. The first kappa shape index (κ1) is 16.0. The molecule has 2 N–H and O–H groups in total. The molecule has 6 nitrogen and oxygen atoms in total. The molecule has 0 amide bonds. The highest BCUT2D eigenvalue weighted by molar-refractivity contribution is 7.88. The molecule has 0 fully saturated rings. The Kier molecular flexibility index (Phi) is 3.65. The smallest absolute Gasteiger partial charge is 0.209 e. The molecule has 1 atom stereocenters. The molecule has 1 unspecified atom stereocenters. The molecular weight excluding hydrogens is 371 g/mol. The SMILES string of the molecule is CS(=O)(=O)NC1CCn2c1c(-c1cn[nH]c1)c1ccc(Cl)c(Cl)c12. The monoisotopic (exact) mass is 384 g/mol. The summed E-state index contributed by atoms with van der Waals surface area (Å²) in [6, 6.07) is 3.35. The number of nitrogens with one attached hydrogen (secondary N) is 2. The highest BCUT2D eigenvalue weighted by atomic mass is 35.5. The second-order valence-electron chi connectivity index (χ2n) is 5.89. The van der Waals surface area contributed by atoms with Gasteiger partial charge in [0.1, 0.15) is 0 Å². The molecule has 1 aliphatic rings. The number of fused-ring (bicyclic) bond motifs is 3. The van der Waals surface area contributed by atoms with Crippen LogP contribution < -0.4 is 4.72 Å². The zero-order chi connectivity index (χ0) is 17.1. The van der Waals surface area contributed by atoms with Crippen LogP contribution >= 0.6 is 23.2 Å². The molecule has 4 rings (SSSR count). The maximum Gasteiger partial charge on any atom is 0.209 e. The average molecular weight is 385 g/mol. The Morgan fingerprint density at radius 2 is 2.17 bits per heavy atom. The van der Waals surface area contributed by atoms with Gasteiger partial charge in [0.2, 0.25) is 10.0 Å². The minimum absolute atomic E-state index is 0.313. The lowest BCUT2D eigenvalue weighted by atomic mass is 10.0. The Morgan fingerprint density at radius 3 is 2.83 bits per heavy atom. The van der Waals surface area contributed by atoms with Gasteiger partial charge in [-0.3, -0.25) is 5.10 Å². The van der Waals surface area contributed by atoms with Gasteiger partial charge in [0.15, 0.2) is 0 Å². The van der Waals surface area contributed by atoms with Crippen molar-refractivity contribution >= 4 is 44.1 Å². The molecule has 0 bridgehead atoms. The highest BCUT2D eigenvalue weighted by Gasteiger charge is 2.33. The van der Waals surface area contributed by atoms with E-state index in [9.17, 15) is 8.42 Å². The number of aromatic amines is 1. The van der Waals surface area contributed by atoms with Crippen molar-refractivity contribution in [1.29, 1.82) is 0 Å². The Morgan fingerprint density at radius 1 is 1.38 bits per heavy atom. The van der Waals surface area contributed by atoms with Crippen molar-refractivity contribution in [2.75, 3.05) is 6.26 Å². The van der Waals surface area contributed by atoms with E-state index in [1.807, 2.05) is 6.07 Å². The summed E-state index contributed by atoms with van der Waals surface area (Å²) >= 11 is 12.6. The lowest BCUT2D eigenvalue weighted by Gasteiger charge is -2.12. The van der Waals surface area contributed by atoms with Crippen LogP contribution in [0.5, 0.6) is 0 Å². The molecular formula is C15H14Cl2N4O2S. The van der Waals surface area contributed by atoms with Gasteiger partial charge in [0.05, 0.1) is 34.1 Å². The number of H-pyrrole nitrogens is 1. The van der Waals surface area contributed by atoms with E-state index in [1.165, 1.54) is 6.26 Å². The van der Waals surface area contributed by atoms with Crippen LogP contribution in [0.25, 0.3) is 22.0 Å². The molecule has 3 heterocycles. The van der Waals surface area contributed by atoms with E-state index in [2.05, 4.69) is 19.5 Å². The first-order valence-electron chi connectivity index (χ1n) is 7.33. The summed E-state index contributed by atoms with van der Waals surface area (Å²) < 4.78 is 28.3. The third kappa shape index (κ3) is 2.43. The molecule has 1 aromatic carbocycles. The zero-order valence-electron chi connectivity index (χ0n) is 12.7. The number of sulfonamides is 1. The van der Waals surface area contributed by atoms with Crippen molar-refractivity contribution in [3.05, 3.63) is 40.3 Å². The number of hydrogen-bond acceptors (Lipinski definition) is 3. The summed E-state index contributed by atoms with van der Waals surface area (Å²) in [4.78, 5) is 0. The molecule has 0 aliphatic carbocycles. The maximum atomic E-state index is 11.7. The minimum Gasteiger partial charge on any atom is -0.341 e. The van der Waals surface area contributed by atoms with Crippen molar-refractivity contribution < 1.29 is 8.42 Å². The van der Waals surface area contributed by atoms with E-state index in [0.717, 1.165) is 27.7 Å². The van der Waals surface area contributed by atoms with Crippen molar-refractivity contribution in [3.8, 4) is 11.1 Å². The summed E-state index contributed by atoms with van der Waals surface area (Å²) in [7, 11) is -3.34. The van der Waals surface area contributed by atoms with E-state index in [1.54, 1.807) is 18.5 Å². The molecule has 3 aromatic rings. The number of halogens is 2. The maximum absolute atomic E-state index is 11.7. The Bertz CT molecular complexity index is 1040. The van der Waals surface area contributed by atoms with Crippen LogP contribution in [0.15, 0.2) is 24.5 Å². The second-order valence-corrected chi connectivity index (χ2v) is 8.45. The fourth-order valence-corrected chi connectivity index (χ4v) is 4.62. The van der Waals surface area contributed by atoms with Gasteiger partial charge in [0.25, 0.3) is 0 Å². The summed E-state index contributed by atoms with van der Waals surface area (Å²) in [6.45, 7) is 0.664. The number of aryl methyl sites for hydroxylation is 1. The molecule has 0 saturated carbocycles. The lowest BCUT2D eigenvalue weighted by molar-refractivity contribution is 0.560. The molecule has 2 aromatic heterocycles. The van der Waals surface area contributed by atoms with Crippen LogP contribution in [0.3, 0.4) is 0 Å². The molecule has 0 spiro atoms. The Balaban J connectivity index is 2.05. The van der Waals surface area contributed by atoms with Crippen LogP contribution in [0, 0.1) is 0 Å². The van der Waals surface area contributed by atoms with Gasteiger partial charge in [-0.15, -0.1) is 0 Å². The van der Waals surface area contributed by atoms with Gasteiger partial charge in [-0.1, -0.05) is 29.3 Å². The van der Waals surface area contributed by atoms with E-state index in [0.29, 0.717) is 23.0 Å². The summed E-state index contributed by atoms with van der Waals surface area (Å²) in [5.41, 5.74) is 3.53. The quantitative estimate of drug-likeness (QED) is 0.726. The standard InChI is InChI=1S/C15H14Cl2N4O2S/c1-24(22,23)20-11-4-5-21-14-9(2-3-10(16)13(14)17)12(15(11)21)8-6-18-19-7-8/h2-3,6-7,11,20H,4-5H2,1H3,(H,18,19). The van der Waals surface area contributed by atoms with E-state index in [-0.39, 0.29) is 6.04 Å². The first-order valence-corrected chi connectivity index (χ1v) is 9.98. The van der Waals surface area contributed by atoms with Gasteiger partial charge < -0.3 is 4.57 Å². The Labute approximate surface area is 148 Å². The molecule has 0 saturated heterocycles. The van der Waals surface area contributed by atoms with Crippen molar-refractivity contribution in [2.45, 2.75) is 19.0 Å². The number of hydrogen-bond donors (Lipinski definition) is 2. The van der Waals surface area contributed by atoms with E-state index in [4.69, 9.17) is 23.2 Å². The second kappa shape index (κ2) is 5.49. The largest absolute Gasteiger partial charge is 0.341 e. The van der Waals surface area contributed by atoms with Gasteiger partial charge in [-0.05, 0) is 12.5 Å². The molecule has 1 aliphatic heterocycles. The van der Waals surface area contributed by atoms with E-state index < -0.39 is 10.0 Å². The van der Waals surface area contributed by atoms with Crippen LogP contribution in [-0.2, 0) is 16.6 Å². The first-order chi connectivity index (χ1) is 11.4. The van der Waals surface area contributed by atoms with Crippen molar-refractivity contribution in [3.63, 3.8) is 0 Å². The summed E-state index contributed by atoms with van der Waals surface area (Å²) in [6.07, 6.45) is 5.33. The van der Waals surface area contributed by atoms with Gasteiger partial charge in [0, 0.05) is 34.9 Å². The fourth-order valence-electron chi connectivity index (χ4n) is 3.45. The third-order valence-electron chi connectivity index (χ3n) is 4.27. The molecule has 9 heteroatoms. The molecule has 126 valence electrons. The zero-order valence-corrected chi connectivity index (χ0v) is 15.0. The minimum atomic E-state index is -3.34. The Hall–Kier alpha value is -1.54. The summed E-state index contributed by atoms with van der Waals surface area (Å²) in [5.74, 6) is 0. The van der Waals surface area contributed by atoms with Crippen LogP contribution in [0.4, 0.5) is 0 Å². The third-order valence-corrected chi connectivity index (χ3v) is 5.78. The van der Waals surface area contributed by atoms with Gasteiger partial charge in [-0.25, -0.2) is 13.1 Å². The average Bonchev–Trinajstić information content (AvgIpc) is 3.18. The van der Waals surface area contributed by atoms with Crippen LogP contribution in [-0.4, -0.2) is 29.4 Å². The summed E-state index contributed by atoms with van der Waals surface area (Å²) in [5, 5.41) is 8.71. The molecule has 24 heavy (non-hydrogen) atoms.